The average molecular weight is 316 g/mol. The number of carboxylic acids is 1. The van der Waals surface area contributed by atoms with Crippen molar-refractivity contribution >= 4 is 11.9 Å². The minimum atomic E-state index is -1.07. The first-order chi connectivity index (χ1) is 10.8. The molecule has 2 rings (SSSR count). The highest BCUT2D eigenvalue weighted by molar-refractivity contribution is 5.95. The molecule has 0 aliphatic heterocycles. The van der Waals surface area contributed by atoms with Gasteiger partial charge in [0.1, 0.15) is 6.04 Å². The van der Waals surface area contributed by atoms with Gasteiger partial charge in [-0.05, 0) is 31.9 Å². The van der Waals surface area contributed by atoms with Crippen LogP contribution in [0.3, 0.4) is 0 Å². The van der Waals surface area contributed by atoms with Crippen LogP contribution in [0.1, 0.15) is 35.6 Å². The van der Waals surface area contributed by atoms with Gasteiger partial charge in [0.25, 0.3) is 5.91 Å². The number of nitrogens with one attached hydrogen (secondary N) is 1. The molecule has 23 heavy (non-hydrogen) atoms. The quantitative estimate of drug-likeness (QED) is 0.875. The van der Waals surface area contributed by atoms with Gasteiger partial charge in [0.15, 0.2) is 5.69 Å². The van der Waals surface area contributed by atoms with E-state index >= 15 is 0 Å². The van der Waals surface area contributed by atoms with Crippen molar-refractivity contribution in [2.75, 3.05) is 0 Å². The molecule has 1 amide bonds. The number of rotatable bonds is 5. The third-order valence-corrected chi connectivity index (χ3v) is 3.61. The second kappa shape index (κ2) is 6.60. The lowest BCUT2D eigenvalue weighted by Crippen LogP contribution is -2.44. The van der Waals surface area contributed by atoms with Gasteiger partial charge < -0.3 is 10.4 Å². The molecule has 1 unspecified atom stereocenters. The molecule has 2 aromatic rings. The molecule has 7 heteroatoms. The Morgan fingerprint density at radius 2 is 1.78 bits per heavy atom. The van der Waals surface area contributed by atoms with E-state index in [4.69, 9.17) is 5.11 Å². The summed E-state index contributed by atoms with van der Waals surface area (Å²) in [7, 11) is 0. The summed E-state index contributed by atoms with van der Waals surface area (Å²) in [6, 6.07) is 6.68. The van der Waals surface area contributed by atoms with E-state index in [9.17, 15) is 9.59 Å². The Kier molecular flexibility index (Phi) is 4.78. The van der Waals surface area contributed by atoms with Gasteiger partial charge in [-0.3, -0.25) is 4.79 Å². The van der Waals surface area contributed by atoms with Crippen molar-refractivity contribution in [1.82, 2.24) is 20.3 Å². The van der Waals surface area contributed by atoms with Crippen LogP contribution in [0.15, 0.2) is 24.3 Å². The molecule has 2 N–H and O–H groups in total. The lowest BCUT2D eigenvalue weighted by molar-refractivity contribution is -0.140. The second-order valence-electron chi connectivity index (χ2n) is 5.80. The monoisotopic (exact) mass is 316 g/mol. The summed E-state index contributed by atoms with van der Waals surface area (Å²) in [6.45, 7) is 7.17. The predicted molar refractivity (Wildman–Crippen MR) is 84.6 cm³/mol. The first kappa shape index (κ1) is 16.7. The number of aryl methyl sites for hydroxylation is 1. The largest absolute Gasteiger partial charge is 0.480 e. The molecule has 0 saturated carbocycles. The number of aromatic nitrogens is 3. The smallest absolute Gasteiger partial charge is 0.326 e. The van der Waals surface area contributed by atoms with E-state index in [0.29, 0.717) is 5.69 Å². The Morgan fingerprint density at radius 1 is 1.17 bits per heavy atom. The maximum atomic E-state index is 12.3. The zero-order chi connectivity index (χ0) is 17.1. The number of hydrogen-bond acceptors (Lipinski definition) is 4. The standard InChI is InChI=1S/C16H20N4O3/c1-9(2)13(16(22)23)17-15(21)14-11(4)20(19-18-14)12-7-5-10(3)6-8-12/h5-9,13H,1-4H3,(H,17,21)(H,22,23). The molecule has 0 aliphatic rings. The first-order valence-corrected chi connectivity index (χ1v) is 7.34. The van der Waals surface area contributed by atoms with Crippen LogP contribution in [0, 0.1) is 19.8 Å². The minimum absolute atomic E-state index is 0.123. The van der Waals surface area contributed by atoms with Crippen molar-refractivity contribution in [3.05, 3.63) is 41.2 Å². The maximum Gasteiger partial charge on any atom is 0.326 e. The minimum Gasteiger partial charge on any atom is -0.480 e. The number of carbonyl (C=O) groups excluding carboxylic acids is 1. The molecule has 0 spiro atoms. The maximum absolute atomic E-state index is 12.3. The van der Waals surface area contributed by atoms with E-state index in [1.807, 2.05) is 31.2 Å². The number of carbonyl (C=O) groups is 2. The summed E-state index contributed by atoms with van der Waals surface area (Å²) < 4.78 is 1.56. The molecular formula is C16H20N4O3. The van der Waals surface area contributed by atoms with Crippen LogP contribution >= 0.6 is 0 Å². The Bertz CT molecular complexity index is 719. The molecule has 7 nitrogen and oxygen atoms in total. The van der Waals surface area contributed by atoms with E-state index in [1.54, 1.807) is 25.5 Å². The molecule has 1 aromatic heterocycles. The fourth-order valence-electron chi connectivity index (χ4n) is 2.19. The molecule has 1 atom stereocenters. The summed E-state index contributed by atoms with van der Waals surface area (Å²) in [6.07, 6.45) is 0. The fourth-order valence-corrected chi connectivity index (χ4v) is 2.19. The van der Waals surface area contributed by atoms with Gasteiger partial charge in [-0.15, -0.1) is 5.10 Å². The van der Waals surface area contributed by atoms with E-state index in [2.05, 4.69) is 15.6 Å². The fraction of sp³-hybridized carbons (Fsp3) is 0.375. The first-order valence-electron chi connectivity index (χ1n) is 7.34. The Labute approximate surface area is 134 Å². The zero-order valence-electron chi connectivity index (χ0n) is 13.6. The van der Waals surface area contributed by atoms with E-state index in [1.165, 1.54) is 0 Å². The molecule has 0 radical (unpaired) electrons. The third-order valence-electron chi connectivity index (χ3n) is 3.61. The van der Waals surface area contributed by atoms with Crippen LogP contribution in [0.4, 0.5) is 0 Å². The second-order valence-corrected chi connectivity index (χ2v) is 5.80. The lowest BCUT2D eigenvalue weighted by atomic mass is 10.0. The molecule has 0 aliphatic carbocycles. The van der Waals surface area contributed by atoms with Gasteiger partial charge >= 0.3 is 5.97 Å². The zero-order valence-corrected chi connectivity index (χ0v) is 13.6. The lowest BCUT2D eigenvalue weighted by Gasteiger charge is -2.17. The van der Waals surface area contributed by atoms with Crippen LogP contribution in [0.25, 0.3) is 5.69 Å². The van der Waals surface area contributed by atoms with E-state index in [-0.39, 0.29) is 11.6 Å². The van der Waals surface area contributed by atoms with Gasteiger partial charge in [-0.2, -0.15) is 0 Å². The molecule has 0 bridgehead atoms. The van der Waals surface area contributed by atoms with Gasteiger partial charge in [0.2, 0.25) is 0 Å². The predicted octanol–water partition coefficient (Wildman–Crippen LogP) is 1.72. The van der Waals surface area contributed by atoms with E-state index in [0.717, 1.165) is 11.3 Å². The Hall–Kier alpha value is -2.70. The van der Waals surface area contributed by atoms with Crippen molar-refractivity contribution in [1.29, 1.82) is 0 Å². The number of hydrogen-bond donors (Lipinski definition) is 2. The number of amides is 1. The van der Waals surface area contributed by atoms with Crippen molar-refractivity contribution in [2.45, 2.75) is 33.7 Å². The molecule has 0 fully saturated rings. The summed E-state index contributed by atoms with van der Waals surface area (Å²) in [5.41, 5.74) is 2.58. The molecule has 1 aromatic carbocycles. The van der Waals surface area contributed by atoms with Crippen LogP contribution < -0.4 is 5.32 Å². The number of aliphatic carboxylic acids is 1. The molecular weight excluding hydrogens is 296 g/mol. The number of carboxylic acid groups (broad SMARTS) is 1. The number of nitrogens with zero attached hydrogens (tertiary/aromatic N) is 3. The Morgan fingerprint density at radius 3 is 2.30 bits per heavy atom. The summed E-state index contributed by atoms with van der Waals surface area (Å²) in [4.78, 5) is 23.5. The summed E-state index contributed by atoms with van der Waals surface area (Å²) in [5, 5.41) is 19.5. The third kappa shape index (κ3) is 3.56. The van der Waals surface area contributed by atoms with E-state index < -0.39 is 17.9 Å². The van der Waals surface area contributed by atoms with Crippen molar-refractivity contribution in [3.8, 4) is 5.69 Å². The Balaban J connectivity index is 2.26. The normalized spacial score (nSPS) is 12.2. The highest BCUT2D eigenvalue weighted by Gasteiger charge is 2.26. The SMILES string of the molecule is Cc1ccc(-n2nnc(C(=O)NC(C(=O)O)C(C)C)c2C)cc1. The van der Waals surface area contributed by atoms with Crippen molar-refractivity contribution < 1.29 is 14.7 Å². The number of benzene rings is 1. The average Bonchev–Trinajstić information content (AvgIpc) is 2.86. The highest BCUT2D eigenvalue weighted by Crippen LogP contribution is 2.13. The molecule has 122 valence electrons. The molecule has 0 saturated heterocycles. The van der Waals surface area contributed by atoms with Crippen molar-refractivity contribution in [2.24, 2.45) is 5.92 Å². The highest BCUT2D eigenvalue weighted by atomic mass is 16.4. The summed E-state index contributed by atoms with van der Waals surface area (Å²) in [5.74, 6) is -1.84. The van der Waals surface area contributed by atoms with Gasteiger partial charge in [0.05, 0.1) is 11.4 Å². The van der Waals surface area contributed by atoms with Crippen LogP contribution in [0.2, 0.25) is 0 Å². The topological polar surface area (TPSA) is 97.1 Å². The van der Waals surface area contributed by atoms with Crippen LogP contribution in [0.5, 0.6) is 0 Å². The van der Waals surface area contributed by atoms with Crippen LogP contribution in [-0.2, 0) is 4.79 Å². The van der Waals surface area contributed by atoms with Crippen LogP contribution in [-0.4, -0.2) is 38.0 Å². The molecule has 1 heterocycles. The summed E-state index contributed by atoms with van der Waals surface area (Å²) >= 11 is 0. The van der Waals surface area contributed by atoms with Crippen molar-refractivity contribution in [3.63, 3.8) is 0 Å². The van der Waals surface area contributed by atoms with Gasteiger partial charge in [0, 0.05) is 0 Å². The van der Waals surface area contributed by atoms with Gasteiger partial charge in [-0.25, -0.2) is 9.48 Å². The van der Waals surface area contributed by atoms with Gasteiger partial charge in [-0.1, -0.05) is 36.8 Å².